The van der Waals surface area contributed by atoms with Crippen LogP contribution in [-0.2, 0) is 20.7 Å². The molecule has 3 rings (SSSR count). The van der Waals surface area contributed by atoms with Crippen molar-refractivity contribution in [2.45, 2.75) is 59.4 Å². The first-order valence-electron chi connectivity index (χ1n) is 9.44. The topological polar surface area (TPSA) is 69.7 Å². The number of thiazole rings is 1. The lowest BCUT2D eigenvalue weighted by molar-refractivity contribution is 0.00578. The van der Waals surface area contributed by atoms with Crippen molar-refractivity contribution < 1.29 is 18.8 Å². The first-order chi connectivity index (χ1) is 13.1. The molecule has 0 unspecified atom stereocenters. The predicted octanol–water partition coefficient (Wildman–Crippen LogP) is 3.54. The fourth-order valence-corrected chi connectivity index (χ4v) is 3.65. The van der Waals surface area contributed by atoms with Gasteiger partial charge in [0.15, 0.2) is 5.13 Å². The Morgan fingerprint density at radius 1 is 1.18 bits per heavy atom. The SMILES string of the molecule is CCOCc1sc(NC(=O)c2ccc(B3OC(C)(C)C(C)(C)O3)cc2)nc1C. The molecule has 0 aliphatic carbocycles. The Morgan fingerprint density at radius 3 is 2.36 bits per heavy atom. The molecule has 1 aromatic carbocycles. The minimum absolute atomic E-state index is 0.197. The van der Waals surface area contributed by atoms with Gasteiger partial charge >= 0.3 is 7.12 Å². The molecule has 1 saturated heterocycles. The summed E-state index contributed by atoms with van der Waals surface area (Å²) in [5, 5.41) is 3.44. The van der Waals surface area contributed by atoms with E-state index in [-0.39, 0.29) is 5.91 Å². The van der Waals surface area contributed by atoms with Gasteiger partial charge in [0, 0.05) is 12.2 Å². The van der Waals surface area contributed by atoms with E-state index in [9.17, 15) is 4.79 Å². The summed E-state index contributed by atoms with van der Waals surface area (Å²) >= 11 is 1.44. The lowest BCUT2D eigenvalue weighted by Gasteiger charge is -2.32. The van der Waals surface area contributed by atoms with Gasteiger partial charge in [0.25, 0.3) is 5.91 Å². The van der Waals surface area contributed by atoms with Gasteiger partial charge in [-0.1, -0.05) is 23.5 Å². The van der Waals surface area contributed by atoms with Gasteiger partial charge in [-0.25, -0.2) is 4.98 Å². The summed E-state index contributed by atoms with van der Waals surface area (Å²) in [6.07, 6.45) is 0. The van der Waals surface area contributed by atoms with Crippen molar-refractivity contribution in [2.24, 2.45) is 0 Å². The highest BCUT2D eigenvalue weighted by Gasteiger charge is 2.51. The van der Waals surface area contributed by atoms with Crippen molar-refractivity contribution in [1.82, 2.24) is 4.98 Å². The minimum Gasteiger partial charge on any atom is -0.399 e. The second-order valence-electron chi connectivity index (χ2n) is 7.83. The summed E-state index contributed by atoms with van der Waals surface area (Å²) in [5.41, 5.74) is 1.54. The summed E-state index contributed by atoms with van der Waals surface area (Å²) in [5.74, 6) is -0.197. The first-order valence-corrected chi connectivity index (χ1v) is 10.3. The molecule has 150 valence electrons. The molecule has 2 aromatic rings. The standard InChI is InChI=1S/C20H27BN2O4S/c1-7-25-12-16-13(2)22-18(28-16)23-17(24)14-8-10-15(11-9-14)21-26-19(3,4)20(5,6)27-21/h8-11H,7,12H2,1-6H3,(H,22,23,24). The second kappa shape index (κ2) is 7.95. The van der Waals surface area contributed by atoms with Crippen molar-refractivity contribution in [2.75, 3.05) is 11.9 Å². The molecule has 28 heavy (non-hydrogen) atoms. The van der Waals surface area contributed by atoms with Gasteiger partial charge in [0.05, 0.1) is 28.4 Å². The minimum atomic E-state index is -0.440. The molecule has 2 heterocycles. The van der Waals surface area contributed by atoms with Crippen LogP contribution >= 0.6 is 11.3 Å². The smallest absolute Gasteiger partial charge is 0.399 e. The predicted molar refractivity (Wildman–Crippen MR) is 112 cm³/mol. The van der Waals surface area contributed by atoms with E-state index in [4.69, 9.17) is 14.0 Å². The van der Waals surface area contributed by atoms with Crippen molar-refractivity contribution in [3.8, 4) is 0 Å². The van der Waals surface area contributed by atoms with Crippen LogP contribution in [0.1, 0.15) is 55.5 Å². The zero-order valence-electron chi connectivity index (χ0n) is 17.3. The van der Waals surface area contributed by atoms with Crippen LogP contribution in [0.2, 0.25) is 0 Å². The van der Waals surface area contributed by atoms with E-state index in [0.717, 1.165) is 16.0 Å². The number of anilines is 1. The van der Waals surface area contributed by atoms with Gasteiger partial charge < -0.3 is 14.0 Å². The van der Waals surface area contributed by atoms with Crippen LogP contribution in [0.5, 0.6) is 0 Å². The molecule has 1 fully saturated rings. The van der Waals surface area contributed by atoms with Gasteiger partial charge in [-0.05, 0) is 59.1 Å². The van der Waals surface area contributed by atoms with Gasteiger partial charge in [0.2, 0.25) is 0 Å². The number of carbonyl (C=O) groups excluding carboxylic acids is 1. The average molecular weight is 402 g/mol. The van der Waals surface area contributed by atoms with Crippen molar-refractivity contribution in [3.05, 3.63) is 40.4 Å². The Bertz CT molecular complexity index is 832. The zero-order chi connectivity index (χ0) is 20.5. The van der Waals surface area contributed by atoms with Crippen molar-refractivity contribution >= 4 is 35.0 Å². The van der Waals surface area contributed by atoms with Crippen LogP contribution in [0.4, 0.5) is 5.13 Å². The monoisotopic (exact) mass is 402 g/mol. The molecule has 6 nitrogen and oxygen atoms in total. The van der Waals surface area contributed by atoms with Crippen LogP contribution in [0.15, 0.2) is 24.3 Å². The molecule has 0 saturated carbocycles. The number of nitrogens with one attached hydrogen (secondary N) is 1. The maximum absolute atomic E-state index is 12.5. The number of rotatable bonds is 6. The fourth-order valence-electron chi connectivity index (χ4n) is 2.75. The van der Waals surface area contributed by atoms with E-state index in [1.165, 1.54) is 11.3 Å². The van der Waals surface area contributed by atoms with Crippen LogP contribution < -0.4 is 10.8 Å². The van der Waals surface area contributed by atoms with E-state index in [1.54, 1.807) is 12.1 Å². The molecule has 1 aliphatic rings. The van der Waals surface area contributed by atoms with E-state index in [1.807, 2.05) is 53.7 Å². The van der Waals surface area contributed by atoms with E-state index < -0.39 is 18.3 Å². The largest absolute Gasteiger partial charge is 0.494 e. The number of benzene rings is 1. The number of amides is 1. The number of hydrogen-bond acceptors (Lipinski definition) is 6. The van der Waals surface area contributed by atoms with Crippen molar-refractivity contribution in [1.29, 1.82) is 0 Å². The van der Waals surface area contributed by atoms with E-state index in [2.05, 4.69) is 10.3 Å². The Hall–Kier alpha value is -1.74. The third kappa shape index (κ3) is 4.30. The highest BCUT2D eigenvalue weighted by molar-refractivity contribution is 7.15. The lowest BCUT2D eigenvalue weighted by atomic mass is 9.79. The molecule has 1 amide bonds. The van der Waals surface area contributed by atoms with Gasteiger partial charge in [-0.15, -0.1) is 0 Å². The van der Waals surface area contributed by atoms with Gasteiger partial charge in [-0.2, -0.15) is 0 Å². The van der Waals surface area contributed by atoms with E-state index >= 15 is 0 Å². The summed E-state index contributed by atoms with van der Waals surface area (Å²) in [6.45, 7) is 13.1. The lowest BCUT2D eigenvalue weighted by Crippen LogP contribution is -2.41. The fraction of sp³-hybridized carbons (Fsp3) is 0.500. The molecule has 0 bridgehead atoms. The first kappa shape index (κ1) is 21.0. The molecule has 1 N–H and O–H groups in total. The third-order valence-corrected chi connectivity index (χ3v) is 6.30. The molecule has 0 spiro atoms. The van der Waals surface area contributed by atoms with Crippen molar-refractivity contribution in [3.63, 3.8) is 0 Å². The highest BCUT2D eigenvalue weighted by atomic mass is 32.1. The summed E-state index contributed by atoms with van der Waals surface area (Å²) in [4.78, 5) is 18.0. The number of aryl methyl sites for hydroxylation is 1. The number of carbonyl (C=O) groups is 1. The summed E-state index contributed by atoms with van der Waals surface area (Å²) in [7, 11) is -0.440. The van der Waals surface area contributed by atoms with Crippen LogP contribution in [-0.4, -0.2) is 35.8 Å². The molecule has 1 aliphatic heterocycles. The second-order valence-corrected chi connectivity index (χ2v) is 8.91. The van der Waals surface area contributed by atoms with E-state index in [0.29, 0.717) is 23.9 Å². The Balaban J connectivity index is 1.66. The van der Waals surface area contributed by atoms with Gasteiger partial charge in [0.1, 0.15) is 0 Å². The highest BCUT2D eigenvalue weighted by Crippen LogP contribution is 2.36. The molecule has 8 heteroatoms. The summed E-state index contributed by atoms with van der Waals surface area (Å²) < 4.78 is 17.5. The molecule has 1 aromatic heterocycles. The Kier molecular flexibility index (Phi) is 5.96. The van der Waals surface area contributed by atoms with Crippen LogP contribution in [0.3, 0.4) is 0 Å². The Labute approximate surface area is 170 Å². The summed E-state index contributed by atoms with van der Waals surface area (Å²) in [6, 6.07) is 7.28. The molecular weight excluding hydrogens is 375 g/mol. The Morgan fingerprint density at radius 2 is 1.79 bits per heavy atom. The van der Waals surface area contributed by atoms with Crippen LogP contribution in [0, 0.1) is 6.92 Å². The zero-order valence-corrected chi connectivity index (χ0v) is 18.1. The maximum atomic E-state index is 12.5. The molecule has 0 atom stereocenters. The average Bonchev–Trinajstić information content (AvgIpc) is 3.08. The third-order valence-electron chi connectivity index (χ3n) is 5.25. The number of aromatic nitrogens is 1. The maximum Gasteiger partial charge on any atom is 0.494 e. The number of hydrogen-bond donors (Lipinski definition) is 1. The number of nitrogens with zero attached hydrogens (tertiary/aromatic N) is 1. The van der Waals surface area contributed by atoms with Gasteiger partial charge in [-0.3, -0.25) is 10.1 Å². The molecule has 0 radical (unpaired) electrons. The van der Waals surface area contributed by atoms with Crippen LogP contribution in [0.25, 0.3) is 0 Å². The quantitative estimate of drug-likeness (QED) is 0.749. The molecular formula is C20H27BN2O4S. The normalized spacial score (nSPS) is 17.7. The number of ether oxygens (including phenoxy) is 1.